The highest BCUT2D eigenvalue weighted by Crippen LogP contribution is 2.32. The molecule has 2 aromatic carbocycles. The second-order valence-corrected chi connectivity index (χ2v) is 7.99. The third kappa shape index (κ3) is 4.19. The van der Waals surface area contributed by atoms with Crippen molar-refractivity contribution in [3.63, 3.8) is 0 Å². The Morgan fingerprint density at radius 1 is 0.818 bits per heavy atom. The summed E-state index contributed by atoms with van der Waals surface area (Å²) in [5.74, 6) is 0.672. The van der Waals surface area contributed by atoms with Gasteiger partial charge in [0.2, 0.25) is 0 Å². The molecule has 0 N–H and O–H groups in total. The fourth-order valence-corrected chi connectivity index (χ4v) is 4.11. The van der Waals surface area contributed by atoms with Crippen molar-refractivity contribution in [1.82, 2.24) is 9.80 Å². The summed E-state index contributed by atoms with van der Waals surface area (Å²) in [6, 6.07) is 18.1. The molecule has 0 radical (unpaired) electrons. The molecule has 3 amide bonds. The molecule has 2 aliphatic heterocycles. The van der Waals surface area contributed by atoms with Gasteiger partial charge in [-0.1, -0.05) is 24.3 Å². The van der Waals surface area contributed by atoms with Crippen LogP contribution in [0.2, 0.25) is 0 Å². The number of anilines is 1. The number of amides is 3. The Morgan fingerprint density at radius 2 is 1.52 bits per heavy atom. The summed E-state index contributed by atoms with van der Waals surface area (Å²) < 4.78 is 10.7. The molecule has 8 heteroatoms. The maximum absolute atomic E-state index is 12.9. The van der Waals surface area contributed by atoms with E-state index in [0.29, 0.717) is 49.8 Å². The highest BCUT2D eigenvalue weighted by Gasteiger charge is 2.27. The first kappa shape index (κ1) is 20.8. The number of fused-ring (bicyclic) bond motifs is 1. The molecule has 0 unspecified atom stereocenters. The number of benzene rings is 2. The van der Waals surface area contributed by atoms with Gasteiger partial charge in [-0.05, 0) is 42.0 Å². The predicted molar refractivity (Wildman–Crippen MR) is 120 cm³/mol. The van der Waals surface area contributed by atoms with E-state index in [1.807, 2.05) is 36.4 Å². The monoisotopic (exact) mass is 445 g/mol. The average Bonchev–Trinajstić information content (AvgIpc) is 3.41. The molecule has 2 aliphatic rings. The Kier molecular flexibility index (Phi) is 5.56. The van der Waals surface area contributed by atoms with Crippen molar-refractivity contribution in [3.05, 3.63) is 83.8 Å². The van der Waals surface area contributed by atoms with Gasteiger partial charge in [0.25, 0.3) is 17.7 Å². The van der Waals surface area contributed by atoms with Crippen LogP contribution in [0.4, 0.5) is 5.69 Å². The van der Waals surface area contributed by atoms with Gasteiger partial charge >= 0.3 is 0 Å². The van der Waals surface area contributed by atoms with Crippen LogP contribution in [0.25, 0.3) is 0 Å². The van der Waals surface area contributed by atoms with Gasteiger partial charge < -0.3 is 23.9 Å². The topological polar surface area (TPSA) is 83.3 Å². The van der Waals surface area contributed by atoms with Gasteiger partial charge in [0.15, 0.2) is 12.4 Å². The third-order valence-electron chi connectivity index (χ3n) is 5.94. The highest BCUT2D eigenvalue weighted by atomic mass is 16.5. The van der Waals surface area contributed by atoms with Crippen molar-refractivity contribution in [2.24, 2.45) is 0 Å². The molecule has 3 heterocycles. The third-order valence-corrected chi connectivity index (χ3v) is 5.94. The van der Waals surface area contributed by atoms with E-state index in [4.69, 9.17) is 9.15 Å². The molecule has 0 bridgehead atoms. The second-order valence-electron chi connectivity index (χ2n) is 7.99. The van der Waals surface area contributed by atoms with E-state index in [-0.39, 0.29) is 24.3 Å². The average molecular weight is 445 g/mol. The SMILES string of the molecule is O=C(c1ccc(CN2C(=O)COc3ccccc32)cc1)N1CCN(C(=O)c2ccco2)CC1. The van der Waals surface area contributed by atoms with E-state index in [0.717, 1.165) is 11.3 Å². The molecular formula is C25H23N3O5. The molecule has 0 aliphatic carbocycles. The molecular weight excluding hydrogens is 422 g/mol. The summed E-state index contributed by atoms with van der Waals surface area (Å²) in [7, 11) is 0. The number of nitrogens with zero attached hydrogens (tertiary/aromatic N) is 3. The van der Waals surface area contributed by atoms with E-state index in [9.17, 15) is 14.4 Å². The molecule has 1 fully saturated rings. The van der Waals surface area contributed by atoms with Gasteiger partial charge in [0, 0.05) is 31.7 Å². The van der Waals surface area contributed by atoms with Gasteiger partial charge in [-0.2, -0.15) is 0 Å². The van der Waals surface area contributed by atoms with Crippen LogP contribution < -0.4 is 9.64 Å². The van der Waals surface area contributed by atoms with Gasteiger partial charge in [0.05, 0.1) is 18.5 Å². The number of hydrogen-bond donors (Lipinski definition) is 0. The van der Waals surface area contributed by atoms with Crippen LogP contribution >= 0.6 is 0 Å². The van der Waals surface area contributed by atoms with E-state index in [1.165, 1.54) is 6.26 Å². The number of ether oxygens (including phenoxy) is 1. The van der Waals surface area contributed by atoms with E-state index in [2.05, 4.69) is 0 Å². The van der Waals surface area contributed by atoms with Crippen LogP contribution in [0.15, 0.2) is 71.3 Å². The van der Waals surface area contributed by atoms with Crippen LogP contribution in [0, 0.1) is 0 Å². The molecule has 0 spiro atoms. The smallest absolute Gasteiger partial charge is 0.289 e. The Balaban J connectivity index is 1.21. The number of carbonyl (C=O) groups is 3. The lowest BCUT2D eigenvalue weighted by molar-refractivity contribution is -0.121. The molecule has 33 heavy (non-hydrogen) atoms. The Bertz CT molecular complexity index is 1170. The lowest BCUT2D eigenvalue weighted by Crippen LogP contribution is -2.50. The first-order chi connectivity index (χ1) is 16.1. The zero-order valence-electron chi connectivity index (χ0n) is 18.0. The van der Waals surface area contributed by atoms with Crippen LogP contribution in [-0.2, 0) is 11.3 Å². The fraction of sp³-hybridized carbons (Fsp3) is 0.240. The molecule has 1 saturated heterocycles. The van der Waals surface area contributed by atoms with Crippen molar-refractivity contribution in [1.29, 1.82) is 0 Å². The molecule has 1 aromatic heterocycles. The Hall–Kier alpha value is -4.07. The minimum Gasteiger partial charge on any atom is -0.482 e. The van der Waals surface area contributed by atoms with Crippen molar-refractivity contribution in [2.45, 2.75) is 6.54 Å². The number of hydrogen-bond acceptors (Lipinski definition) is 5. The van der Waals surface area contributed by atoms with Gasteiger partial charge in [-0.15, -0.1) is 0 Å². The van der Waals surface area contributed by atoms with Gasteiger partial charge in [-0.25, -0.2) is 0 Å². The van der Waals surface area contributed by atoms with E-state index >= 15 is 0 Å². The Labute approximate surface area is 190 Å². The summed E-state index contributed by atoms with van der Waals surface area (Å²) in [6.45, 7) is 2.27. The zero-order valence-corrected chi connectivity index (χ0v) is 18.0. The zero-order chi connectivity index (χ0) is 22.8. The maximum Gasteiger partial charge on any atom is 0.289 e. The van der Waals surface area contributed by atoms with Gasteiger partial charge in [-0.3, -0.25) is 14.4 Å². The first-order valence-electron chi connectivity index (χ1n) is 10.8. The summed E-state index contributed by atoms with van der Waals surface area (Å²) in [6.07, 6.45) is 1.48. The first-order valence-corrected chi connectivity index (χ1v) is 10.8. The standard InChI is InChI=1S/C25H23N3O5/c29-23-17-33-21-5-2-1-4-20(21)28(23)16-18-7-9-19(10-8-18)24(30)26-11-13-27(14-12-26)25(31)22-6-3-15-32-22/h1-10,15H,11-14,16-17H2. The van der Waals surface area contributed by atoms with E-state index < -0.39 is 0 Å². The van der Waals surface area contributed by atoms with Crippen molar-refractivity contribution in [2.75, 3.05) is 37.7 Å². The number of rotatable bonds is 4. The number of para-hydroxylation sites is 2. The molecule has 3 aromatic rings. The number of piperazine rings is 1. The van der Waals surface area contributed by atoms with Crippen LogP contribution in [0.3, 0.4) is 0 Å². The quantitative estimate of drug-likeness (QED) is 0.617. The molecule has 168 valence electrons. The molecule has 8 nitrogen and oxygen atoms in total. The minimum atomic E-state index is -0.157. The normalized spacial score (nSPS) is 15.8. The summed E-state index contributed by atoms with van der Waals surface area (Å²) in [5.41, 5.74) is 2.25. The molecule has 0 atom stereocenters. The number of carbonyl (C=O) groups excluding carboxylic acids is 3. The fourth-order valence-electron chi connectivity index (χ4n) is 4.11. The lowest BCUT2D eigenvalue weighted by Gasteiger charge is -2.34. The summed E-state index contributed by atoms with van der Waals surface area (Å²) in [5, 5.41) is 0. The van der Waals surface area contributed by atoms with Gasteiger partial charge in [0.1, 0.15) is 5.75 Å². The second kappa shape index (κ2) is 8.82. The van der Waals surface area contributed by atoms with E-state index in [1.54, 1.807) is 39.0 Å². The molecule has 0 saturated carbocycles. The molecule has 5 rings (SSSR count). The lowest BCUT2D eigenvalue weighted by atomic mass is 10.1. The largest absolute Gasteiger partial charge is 0.482 e. The minimum absolute atomic E-state index is 0.0159. The van der Waals surface area contributed by atoms with Crippen LogP contribution in [-0.4, -0.2) is 60.3 Å². The van der Waals surface area contributed by atoms with Crippen LogP contribution in [0.5, 0.6) is 5.75 Å². The maximum atomic E-state index is 12.9. The highest BCUT2D eigenvalue weighted by molar-refractivity contribution is 5.98. The van der Waals surface area contributed by atoms with Crippen molar-refractivity contribution < 1.29 is 23.5 Å². The van der Waals surface area contributed by atoms with Crippen molar-refractivity contribution in [3.8, 4) is 5.75 Å². The number of furan rings is 1. The Morgan fingerprint density at radius 3 is 2.21 bits per heavy atom. The van der Waals surface area contributed by atoms with Crippen molar-refractivity contribution >= 4 is 23.4 Å². The predicted octanol–water partition coefficient (Wildman–Crippen LogP) is 2.80. The van der Waals surface area contributed by atoms with Crippen LogP contribution in [0.1, 0.15) is 26.5 Å². The summed E-state index contributed by atoms with van der Waals surface area (Å²) >= 11 is 0. The summed E-state index contributed by atoms with van der Waals surface area (Å²) in [4.78, 5) is 42.9.